The van der Waals surface area contributed by atoms with Crippen LogP contribution in [0.3, 0.4) is 0 Å². The molecule has 2 aromatic heterocycles. The van der Waals surface area contributed by atoms with E-state index in [2.05, 4.69) is 15.5 Å². The predicted octanol–water partition coefficient (Wildman–Crippen LogP) is 1.66. The maximum Gasteiger partial charge on any atom is 0.348 e. The minimum absolute atomic E-state index is 0.133. The number of nitrogens with one attached hydrogen (secondary N) is 2. The van der Waals surface area contributed by atoms with Crippen LogP contribution < -0.4 is 5.32 Å². The first-order valence-corrected chi connectivity index (χ1v) is 6.05. The molecule has 2 aromatic rings. The minimum Gasteiger partial charge on any atom is -0.477 e. The number of hydrogen-bond acceptors (Lipinski definition) is 4. The molecule has 0 unspecified atom stereocenters. The molecule has 0 fully saturated rings. The van der Waals surface area contributed by atoms with E-state index in [0.717, 1.165) is 16.9 Å². The Balaban J connectivity index is 2.11. The fourth-order valence-electron chi connectivity index (χ4n) is 1.50. The van der Waals surface area contributed by atoms with E-state index in [9.17, 15) is 9.59 Å². The highest BCUT2D eigenvalue weighted by Crippen LogP contribution is 2.27. The van der Waals surface area contributed by atoms with Crippen molar-refractivity contribution in [3.05, 3.63) is 33.8 Å². The Hall–Kier alpha value is -2.15. The summed E-state index contributed by atoms with van der Waals surface area (Å²) in [5, 5.41) is 19.7. The number of carboxylic acid groups (broad SMARTS) is 1. The van der Waals surface area contributed by atoms with Gasteiger partial charge in [-0.2, -0.15) is 5.10 Å². The van der Waals surface area contributed by atoms with Gasteiger partial charge in [0.25, 0.3) is 0 Å². The van der Waals surface area contributed by atoms with Crippen molar-refractivity contribution in [2.24, 2.45) is 0 Å². The van der Waals surface area contributed by atoms with E-state index in [1.54, 1.807) is 24.6 Å². The largest absolute Gasteiger partial charge is 0.477 e. The summed E-state index contributed by atoms with van der Waals surface area (Å²) in [5.41, 5.74) is 1.80. The average Bonchev–Trinajstić information content (AvgIpc) is 2.90. The molecule has 0 aliphatic rings. The summed E-state index contributed by atoms with van der Waals surface area (Å²) in [4.78, 5) is 22.9. The van der Waals surface area contributed by atoms with Crippen LogP contribution in [0.5, 0.6) is 0 Å². The maximum absolute atomic E-state index is 11.8. The van der Waals surface area contributed by atoms with Gasteiger partial charge in [-0.1, -0.05) is 0 Å². The molecule has 7 heteroatoms. The van der Waals surface area contributed by atoms with Crippen LogP contribution in [-0.4, -0.2) is 27.2 Å². The zero-order chi connectivity index (χ0) is 13.1. The molecule has 94 valence electrons. The number of carbonyl (C=O) groups excluding carboxylic acids is 1. The molecule has 2 heterocycles. The van der Waals surface area contributed by atoms with Crippen molar-refractivity contribution in [3.63, 3.8) is 0 Å². The molecule has 0 atom stereocenters. The molecule has 2 rings (SSSR count). The molecule has 0 saturated heterocycles. The lowest BCUT2D eigenvalue weighted by atomic mass is 10.2. The third-order valence-corrected chi connectivity index (χ3v) is 3.43. The van der Waals surface area contributed by atoms with Crippen LogP contribution in [0.25, 0.3) is 0 Å². The number of anilines is 1. The van der Waals surface area contributed by atoms with E-state index in [0.29, 0.717) is 11.4 Å². The van der Waals surface area contributed by atoms with E-state index in [-0.39, 0.29) is 17.2 Å². The molecule has 0 aliphatic carbocycles. The second-order valence-electron chi connectivity index (χ2n) is 3.73. The number of aromatic amines is 1. The highest BCUT2D eigenvalue weighted by molar-refractivity contribution is 7.12. The van der Waals surface area contributed by atoms with Crippen molar-refractivity contribution in [1.82, 2.24) is 10.2 Å². The smallest absolute Gasteiger partial charge is 0.348 e. The van der Waals surface area contributed by atoms with Gasteiger partial charge in [-0.05, 0) is 23.9 Å². The van der Waals surface area contributed by atoms with Gasteiger partial charge < -0.3 is 10.4 Å². The van der Waals surface area contributed by atoms with Gasteiger partial charge >= 0.3 is 5.97 Å². The molecule has 0 saturated carbocycles. The molecule has 0 aliphatic heterocycles. The Morgan fingerprint density at radius 1 is 1.56 bits per heavy atom. The fourth-order valence-corrected chi connectivity index (χ4v) is 2.34. The molecule has 3 N–H and O–H groups in total. The standard InChI is InChI=1S/C11H11N3O3S/c1-6-5-18-10(11(16)17)9(6)13-8(15)4-7-2-3-12-14-7/h2-3,5H,4H2,1H3,(H,12,14)(H,13,15)(H,16,17). The summed E-state index contributed by atoms with van der Waals surface area (Å²) in [5.74, 6) is -1.31. The van der Waals surface area contributed by atoms with Crippen LogP contribution in [-0.2, 0) is 11.2 Å². The fraction of sp³-hybridized carbons (Fsp3) is 0.182. The third-order valence-electron chi connectivity index (χ3n) is 2.34. The number of thiophene rings is 1. The van der Waals surface area contributed by atoms with Gasteiger partial charge in [0, 0.05) is 11.9 Å². The molecule has 18 heavy (non-hydrogen) atoms. The van der Waals surface area contributed by atoms with Crippen LogP contribution in [0.2, 0.25) is 0 Å². The molecule has 6 nitrogen and oxygen atoms in total. The van der Waals surface area contributed by atoms with Crippen molar-refractivity contribution in [2.45, 2.75) is 13.3 Å². The predicted molar refractivity (Wildman–Crippen MR) is 66.9 cm³/mol. The zero-order valence-corrected chi connectivity index (χ0v) is 10.4. The van der Waals surface area contributed by atoms with Crippen molar-refractivity contribution >= 4 is 28.9 Å². The van der Waals surface area contributed by atoms with Crippen LogP contribution in [0.1, 0.15) is 20.9 Å². The monoisotopic (exact) mass is 265 g/mol. The van der Waals surface area contributed by atoms with Gasteiger partial charge in [-0.15, -0.1) is 11.3 Å². The number of aryl methyl sites for hydroxylation is 1. The van der Waals surface area contributed by atoms with Crippen LogP contribution in [0, 0.1) is 6.92 Å². The number of H-pyrrole nitrogens is 1. The summed E-state index contributed by atoms with van der Waals surface area (Å²) < 4.78 is 0. The maximum atomic E-state index is 11.8. The topological polar surface area (TPSA) is 95.1 Å². The second kappa shape index (κ2) is 5.01. The molecule has 0 bridgehead atoms. The Bertz CT molecular complexity index is 574. The molecule has 0 spiro atoms. The van der Waals surface area contributed by atoms with E-state index < -0.39 is 5.97 Å². The number of aromatic nitrogens is 2. The normalized spacial score (nSPS) is 10.3. The van der Waals surface area contributed by atoms with Crippen LogP contribution in [0.4, 0.5) is 5.69 Å². The summed E-state index contributed by atoms with van der Waals surface area (Å²) >= 11 is 1.10. The Labute approximate surface area is 107 Å². The summed E-state index contributed by atoms with van der Waals surface area (Å²) in [6, 6.07) is 1.69. The van der Waals surface area contributed by atoms with E-state index in [4.69, 9.17) is 5.11 Å². The van der Waals surface area contributed by atoms with Gasteiger partial charge in [0.05, 0.1) is 12.1 Å². The average molecular weight is 265 g/mol. The molecule has 0 radical (unpaired) electrons. The summed E-state index contributed by atoms with van der Waals surface area (Å²) in [7, 11) is 0. The lowest BCUT2D eigenvalue weighted by Gasteiger charge is -2.05. The first-order valence-electron chi connectivity index (χ1n) is 5.17. The zero-order valence-electron chi connectivity index (χ0n) is 9.56. The molecular weight excluding hydrogens is 254 g/mol. The lowest BCUT2D eigenvalue weighted by Crippen LogP contribution is -2.16. The van der Waals surface area contributed by atoms with Gasteiger partial charge in [-0.3, -0.25) is 9.89 Å². The number of hydrogen-bond donors (Lipinski definition) is 3. The number of rotatable bonds is 4. The lowest BCUT2D eigenvalue weighted by molar-refractivity contribution is -0.115. The number of amides is 1. The highest BCUT2D eigenvalue weighted by atomic mass is 32.1. The Morgan fingerprint density at radius 3 is 2.94 bits per heavy atom. The van der Waals surface area contributed by atoms with E-state index in [1.807, 2.05) is 0 Å². The molecular formula is C11H11N3O3S. The first kappa shape index (κ1) is 12.3. The van der Waals surface area contributed by atoms with Crippen molar-refractivity contribution in [3.8, 4) is 0 Å². The first-order chi connectivity index (χ1) is 8.58. The van der Waals surface area contributed by atoms with Gasteiger partial charge in [0.15, 0.2) is 0 Å². The third kappa shape index (κ3) is 2.57. The highest BCUT2D eigenvalue weighted by Gasteiger charge is 2.17. The van der Waals surface area contributed by atoms with E-state index >= 15 is 0 Å². The van der Waals surface area contributed by atoms with E-state index in [1.165, 1.54) is 0 Å². The summed E-state index contributed by atoms with van der Waals surface area (Å²) in [6.45, 7) is 1.76. The number of aromatic carboxylic acids is 1. The van der Waals surface area contributed by atoms with Gasteiger partial charge in [0.1, 0.15) is 4.88 Å². The van der Waals surface area contributed by atoms with Crippen LogP contribution >= 0.6 is 11.3 Å². The van der Waals surface area contributed by atoms with Crippen molar-refractivity contribution in [1.29, 1.82) is 0 Å². The van der Waals surface area contributed by atoms with Crippen molar-refractivity contribution in [2.75, 3.05) is 5.32 Å². The molecule has 0 aromatic carbocycles. The van der Waals surface area contributed by atoms with Crippen LogP contribution in [0.15, 0.2) is 17.6 Å². The molecule has 1 amide bonds. The SMILES string of the molecule is Cc1csc(C(=O)O)c1NC(=O)Cc1ccn[nH]1. The number of nitrogens with zero attached hydrogens (tertiary/aromatic N) is 1. The van der Waals surface area contributed by atoms with Gasteiger partial charge in [0.2, 0.25) is 5.91 Å². The van der Waals surface area contributed by atoms with Crippen molar-refractivity contribution < 1.29 is 14.7 Å². The number of carbonyl (C=O) groups is 2. The second-order valence-corrected chi connectivity index (χ2v) is 4.61. The number of carboxylic acids is 1. The minimum atomic E-state index is -1.04. The summed E-state index contributed by atoms with van der Waals surface area (Å²) in [6.07, 6.45) is 1.69. The Kier molecular flexibility index (Phi) is 3.42. The quantitative estimate of drug-likeness (QED) is 0.783. The Morgan fingerprint density at radius 2 is 2.33 bits per heavy atom. The van der Waals surface area contributed by atoms with Gasteiger partial charge in [-0.25, -0.2) is 4.79 Å².